The quantitative estimate of drug-likeness (QED) is 0.608. The van der Waals surface area contributed by atoms with Crippen LogP contribution in [0.2, 0.25) is 0 Å². The third kappa shape index (κ3) is 4.17. The molecule has 2 N–H and O–H groups in total. The number of nitrogens with zero attached hydrogens (tertiary/aromatic N) is 1. The summed E-state index contributed by atoms with van der Waals surface area (Å²) < 4.78 is 0. The van der Waals surface area contributed by atoms with E-state index in [1.165, 1.54) is 16.9 Å². The van der Waals surface area contributed by atoms with Crippen LogP contribution in [-0.4, -0.2) is 21.7 Å². The number of aromatic nitrogens is 2. The molecule has 3 aromatic rings. The van der Waals surface area contributed by atoms with Crippen molar-refractivity contribution < 1.29 is 9.59 Å². The first-order chi connectivity index (χ1) is 12.9. The normalized spacial score (nSPS) is 10.8. The number of Topliss-reactive ketones (excluding diaryl/α,β-unsaturated/α-hetero) is 1. The van der Waals surface area contributed by atoms with E-state index in [-0.39, 0.29) is 18.1 Å². The van der Waals surface area contributed by atoms with Crippen LogP contribution in [0.1, 0.15) is 46.0 Å². The van der Waals surface area contributed by atoms with Gasteiger partial charge in [0.25, 0.3) is 0 Å². The van der Waals surface area contributed by atoms with Crippen LogP contribution in [-0.2, 0) is 17.6 Å². The second-order valence-corrected chi connectivity index (χ2v) is 7.53. The van der Waals surface area contributed by atoms with Crippen molar-refractivity contribution in [2.45, 2.75) is 40.5 Å². The number of carbonyl (C=O) groups excluding carboxylic acids is 2. The summed E-state index contributed by atoms with van der Waals surface area (Å²) in [6.07, 6.45) is 1.19. The van der Waals surface area contributed by atoms with Gasteiger partial charge in [-0.15, -0.1) is 11.3 Å². The van der Waals surface area contributed by atoms with E-state index in [0.717, 1.165) is 39.8 Å². The number of rotatable bonds is 6. The summed E-state index contributed by atoms with van der Waals surface area (Å²) in [6.45, 7) is 7.47. The summed E-state index contributed by atoms with van der Waals surface area (Å²) in [6, 6.07) is 7.86. The Balaban J connectivity index is 1.71. The second kappa shape index (κ2) is 7.88. The standard InChI is InChI=1S/C21H23N3O2S/c1-5-15-6-8-16(9-7-15)23-18(26)10-19-24-17(11-27-19)21-12(2)20(14(4)25)13(3)22-21/h6-9,11,22H,5,10H2,1-4H3,(H,23,26). The number of thiazole rings is 1. The highest BCUT2D eigenvalue weighted by Crippen LogP contribution is 2.29. The molecule has 0 aliphatic rings. The number of hydrogen-bond donors (Lipinski definition) is 2. The first-order valence-corrected chi connectivity index (χ1v) is 9.80. The predicted molar refractivity (Wildman–Crippen MR) is 110 cm³/mol. The molecule has 27 heavy (non-hydrogen) atoms. The highest BCUT2D eigenvalue weighted by Gasteiger charge is 2.18. The lowest BCUT2D eigenvalue weighted by Crippen LogP contribution is -2.14. The fourth-order valence-electron chi connectivity index (χ4n) is 3.21. The summed E-state index contributed by atoms with van der Waals surface area (Å²) in [5, 5.41) is 5.56. The van der Waals surface area contributed by atoms with Gasteiger partial charge in [-0.3, -0.25) is 9.59 Å². The Kier molecular flexibility index (Phi) is 5.56. The van der Waals surface area contributed by atoms with E-state index >= 15 is 0 Å². The van der Waals surface area contributed by atoms with Crippen LogP contribution in [0.15, 0.2) is 29.6 Å². The molecule has 0 aliphatic carbocycles. The maximum atomic E-state index is 12.3. The van der Waals surface area contributed by atoms with Crippen molar-refractivity contribution in [1.82, 2.24) is 9.97 Å². The number of ketones is 1. The van der Waals surface area contributed by atoms with E-state index in [1.807, 2.05) is 43.5 Å². The number of hydrogen-bond acceptors (Lipinski definition) is 4. The van der Waals surface area contributed by atoms with Crippen molar-refractivity contribution in [3.8, 4) is 11.4 Å². The lowest BCUT2D eigenvalue weighted by molar-refractivity contribution is -0.115. The van der Waals surface area contributed by atoms with Crippen LogP contribution in [0, 0.1) is 13.8 Å². The molecule has 0 spiro atoms. The molecule has 0 bridgehead atoms. The molecule has 1 amide bonds. The second-order valence-electron chi connectivity index (χ2n) is 6.58. The van der Waals surface area contributed by atoms with Gasteiger partial charge in [-0.2, -0.15) is 0 Å². The van der Waals surface area contributed by atoms with Gasteiger partial charge in [-0.25, -0.2) is 4.98 Å². The van der Waals surface area contributed by atoms with Crippen LogP contribution >= 0.6 is 11.3 Å². The molecule has 2 heterocycles. The SMILES string of the molecule is CCc1ccc(NC(=O)Cc2nc(-c3[nH]c(C)c(C(C)=O)c3C)cs2)cc1. The number of anilines is 1. The summed E-state index contributed by atoms with van der Waals surface area (Å²) in [5.74, 6) is -0.0552. The molecule has 0 radical (unpaired) electrons. The molecular formula is C21H23N3O2S. The van der Waals surface area contributed by atoms with Gasteiger partial charge >= 0.3 is 0 Å². The zero-order chi connectivity index (χ0) is 19.6. The van der Waals surface area contributed by atoms with Crippen molar-refractivity contribution >= 4 is 28.7 Å². The first-order valence-electron chi connectivity index (χ1n) is 8.92. The Morgan fingerprint density at radius 1 is 1.19 bits per heavy atom. The highest BCUT2D eigenvalue weighted by molar-refractivity contribution is 7.10. The Morgan fingerprint density at radius 2 is 1.89 bits per heavy atom. The molecule has 0 aliphatic heterocycles. The van der Waals surface area contributed by atoms with Gasteiger partial charge in [0.05, 0.1) is 17.8 Å². The van der Waals surface area contributed by atoms with Crippen molar-refractivity contribution in [2.75, 3.05) is 5.32 Å². The molecule has 2 aromatic heterocycles. The molecule has 6 heteroatoms. The van der Waals surface area contributed by atoms with Gasteiger partial charge in [0.2, 0.25) is 5.91 Å². The van der Waals surface area contributed by atoms with Gasteiger partial charge in [-0.05, 0) is 50.5 Å². The smallest absolute Gasteiger partial charge is 0.231 e. The largest absolute Gasteiger partial charge is 0.356 e. The van der Waals surface area contributed by atoms with Gasteiger partial charge in [0.1, 0.15) is 5.01 Å². The fourth-order valence-corrected chi connectivity index (χ4v) is 3.99. The van der Waals surface area contributed by atoms with Gasteiger partial charge in [0, 0.05) is 22.3 Å². The number of aromatic amines is 1. The fraction of sp³-hybridized carbons (Fsp3) is 0.286. The minimum Gasteiger partial charge on any atom is -0.356 e. The number of amides is 1. The average Bonchev–Trinajstić information content (AvgIpc) is 3.19. The van der Waals surface area contributed by atoms with E-state index < -0.39 is 0 Å². The number of nitrogens with one attached hydrogen (secondary N) is 2. The van der Waals surface area contributed by atoms with Crippen LogP contribution in [0.25, 0.3) is 11.4 Å². The van der Waals surface area contributed by atoms with Crippen LogP contribution in [0.3, 0.4) is 0 Å². The molecule has 0 unspecified atom stereocenters. The Labute approximate surface area is 162 Å². The summed E-state index contributed by atoms with van der Waals surface area (Å²) in [7, 11) is 0. The average molecular weight is 382 g/mol. The zero-order valence-electron chi connectivity index (χ0n) is 16.0. The van der Waals surface area contributed by atoms with E-state index in [1.54, 1.807) is 6.92 Å². The van der Waals surface area contributed by atoms with Crippen LogP contribution in [0.4, 0.5) is 5.69 Å². The van der Waals surface area contributed by atoms with E-state index in [9.17, 15) is 9.59 Å². The topological polar surface area (TPSA) is 74.8 Å². The summed E-state index contributed by atoms with van der Waals surface area (Å²) in [5.41, 5.74) is 6.09. The lowest BCUT2D eigenvalue weighted by atomic mass is 10.1. The van der Waals surface area contributed by atoms with Crippen molar-refractivity contribution in [3.05, 3.63) is 57.0 Å². The molecule has 3 rings (SSSR count). The number of aryl methyl sites for hydroxylation is 2. The highest BCUT2D eigenvalue weighted by atomic mass is 32.1. The van der Waals surface area contributed by atoms with Gasteiger partial charge < -0.3 is 10.3 Å². The van der Waals surface area contributed by atoms with Crippen molar-refractivity contribution in [3.63, 3.8) is 0 Å². The Bertz CT molecular complexity index is 984. The molecule has 1 aromatic carbocycles. The van der Waals surface area contributed by atoms with Crippen LogP contribution in [0.5, 0.6) is 0 Å². The third-order valence-electron chi connectivity index (χ3n) is 4.56. The summed E-state index contributed by atoms with van der Waals surface area (Å²) in [4.78, 5) is 31.9. The molecular weight excluding hydrogens is 358 g/mol. The molecule has 140 valence electrons. The van der Waals surface area contributed by atoms with E-state index in [4.69, 9.17) is 0 Å². The lowest BCUT2D eigenvalue weighted by Gasteiger charge is -2.04. The monoisotopic (exact) mass is 381 g/mol. The van der Waals surface area contributed by atoms with Gasteiger partial charge in [-0.1, -0.05) is 19.1 Å². The number of carbonyl (C=O) groups is 2. The number of H-pyrrole nitrogens is 1. The molecule has 0 fully saturated rings. The predicted octanol–water partition coefficient (Wildman–Crippen LogP) is 4.70. The number of benzene rings is 1. The minimum atomic E-state index is -0.0936. The minimum absolute atomic E-state index is 0.0384. The van der Waals surface area contributed by atoms with E-state index in [2.05, 4.69) is 22.2 Å². The van der Waals surface area contributed by atoms with Gasteiger partial charge in [0.15, 0.2) is 5.78 Å². The first kappa shape index (κ1) is 19.0. The molecule has 0 atom stereocenters. The third-order valence-corrected chi connectivity index (χ3v) is 5.40. The zero-order valence-corrected chi connectivity index (χ0v) is 16.8. The molecule has 5 nitrogen and oxygen atoms in total. The molecule has 0 saturated heterocycles. The summed E-state index contributed by atoms with van der Waals surface area (Å²) >= 11 is 1.44. The maximum Gasteiger partial charge on any atom is 0.231 e. The van der Waals surface area contributed by atoms with E-state index in [0.29, 0.717) is 5.56 Å². The Morgan fingerprint density at radius 3 is 2.48 bits per heavy atom. The maximum absolute atomic E-state index is 12.3. The van der Waals surface area contributed by atoms with Crippen LogP contribution < -0.4 is 5.32 Å². The Hall–Kier alpha value is -2.73. The van der Waals surface area contributed by atoms with Crippen molar-refractivity contribution in [2.24, 2.45) is 0 Å². The molecule has 0 saturated carbocycles. The van der Waals surface area contributed by atoms with Crippen molar-refractivity contribution in [1.29, 1.82) is 0 Å².